The predicted molar refractivity (Wildman–Crippen MR) is 81.6 cm³/mol. The Morgan fingerprint density at radius 2 is 1.82 bits per heavy atom. The van der Waals surface area contributed by atoms with Crippen LogP contribution < -0.4 is 0 Å². The zero-order valence-electron chi connectivity index (χ0n) is 13.0. The molecule has 0 bridgehead atoms. The highest BCUT2D eigenvalue weighted by Gasteiger charge is 2.36. The molecule has 17 heavy (non-hydrogen) atoms. The van der Waals surface area contributed by atoms with Crippen molar-refractivity contribution in [1.82, 2.24) is 0 Å². The molecule has 0 rings (SSSR count). The van der Waals surface area contributed by atoms with E-state index in [0.717, 1.165) is 23.3 Å². The maximum absolute atomic E-state index is 5.82. The Balaban J connectivity index is 4.54. The molecule has 0 radical (unpaired) electrons. The molecule has 2 unspecified atom stereocenters. The topological polar surface area (TPSA) is 9.23 Å². The lowest BCUT2D eigenvalue weighted by Gasteiger charge is -2.39. The van der Waals surface area contributed by atoms with Crippen LogP contribution in [0.4, 0.5) is 0 Å². The summed E-state index contributed by atoms with van der Waals surface area (Å²) in [6.07, 6.45) is 1.30. The van der Waals surface area contributed by atoms with Crippen molar-refractivity contribution in [1.29, 1.82) is 0 Å². The van der Waals surface area contributed by atoms with Gasteiger partial charge in [-0.1, -0.05) is 71.2 Å². The number of rotatable bonds is 8. The van der Waals surface area contributed by atoms with Crippen LogP contribution in [-0.4, -0.2) is 22.0 Å². The van der Waals surface area contributed by atoms with Crippen LogP contribution >= 0.6 is 0 Å². The van der Waals surface area contributed by atoms with Gasteiger partial charge in [-0.2, -0.15) is 0 Å². The first-order valence-electron chi connectivity index (χ1n) is 6.94. The number of hydrogen-bond donors (Lipinski definition) is 0. The normalized spacial score (nSPS) is 16.0. The van der Waals surface area contributed by atoms with Gasteiger partial charge >= 0.3 is 0 Å². The van der Waals surface area contributed by atoms with Crippen LogP contribution in [0.5, 0.6) is 0 Å². The van der Waals surface area contributed by atoms with Crippen LogP contribution in [0, 0.1) is 0 Å². The van der Waals surface area contributed by atoms with Crippen molar-refractivity contribution in [2.45, 2.75) is 71.0 Å². The summed E-state index contributed by atoms with van der Waals surface area (Å²) in [6, 6.07) is 0. The molecule has 0 saturated heterocycles. The van der Waals surface area contributed by atoms with Crippen LogP contribution in [0.25, 0.3) is 0 Å². The Bertz CT molecular complexity index is 233. The second-order valence-electron chi connectivity index (χ2n) is 6.59. The zero-order valence-corrected chi connectivity index (χ0v) is 14.1. The Hall–Kier alpha value is -0.0831. The molecule has 0 aliphatic heterocycles. The average Bonchev–Trinajstić information content (AvgIpc) is 2.15. The van der Waals surface area contributed by atoms with Crippen LogP contribution in [0.3, 0.4) is 0 Å². The third-order valence-electron chi connectivity index (χ3n) is 3.70. The molecule has 0 fully saturated rings. The van der Waals surface area contributed by atoms with Crippen molar-refractivity contribution in [2.24, 2.45) is 0 Å². The smallest absolute Gasteiger partial charge is 0.0671 e. The molecule has 0 aromatic heterocycles. The Kier molecular flexibility index (Phi) is 7.34. The summed E-state index contributed by atoms with van der Waals surface area (Å²) in [5, 5.41) is 0.374. The highest BCUT2D eigenvalue weighted by molar-refractivity contribution is 6.65. The second kappa shape index (κ2) is 7.37. The van der Waals surface area contributed by atoms with E-state index in [0.29, 0.717) is 11.6 Å². The first-order valence-corrected chi connectivity index (χ1v) is 8.85. The molecule has 0 saturated carbocycles. The van der Waals surface area contributed by atoms with Crippen LogP contribution in [0.2, 0.25) is 16.1 Å². The first-order chi connectivity index (χ1) is 7.72. The van der Waals surface area contributed by atoms with Gasteiger partial charge < -0.3 is 4.74 Å². The minimum absolute atomic E-state index is 0.374. The van der Waals surface area contributed by atoms with Crippen molar-refractivity contribution in [3.8, 4) is 0 Å². The SMILES string of the molecule is C=C(C)COCC(C)(C)[SiH](C(C)C)C(C)CC. The average molecular weight is 257 g/mol. The van der Waals surface area contributed by atoms with E-state index >= 15 is 0 Å². The molecule has 1 nitrogen and oxygen atoms in total. The third kappa shape index (κ3) is 5.87. The summed E-state index contributed by atoms with van der Waals surface area (Å²) in [5.74, 6) is 0. The maximum atomic E-state index is 5.82. The van der Waals surface area contributed by atoms with Gasteiger partial charge in [-0.05, 0) is 12.0 Å². The minimum Gasteiger partial charge on any atom is -0.377 e. The summed E-state index contributed by atoms with van der Waals surface area (Å²) in [5.41, 5.74) is 2.85. The number of ether oxygens (including phenoxy) is 1. The Labute approximate surface area is 110 Å². The van der Waals surface area contributed by atoms with Crippen molar-refractivity contribution in [3.63, 3.8) is 0 Å². The van der Waals surface area contributed by atoms with Crippen molar-refractivity contribution in [2.75, 3.05) is 13.2 Å². The summed E-state index contributed by atoms with van der Waals surface area (Å²) >= 11 is 0. The van der Waals surface area contributed by atoms with E-state index in [1.807, 2.05) is 6.92 Å². The lowest BCUT2D eigenvalue weighted by atomic mass is 10.2. The molecule has 102 valence electrons. The summed E-state index contributed by atoms with van der Waals surface area (Å²) in [6.45, 7) is 21.8. The van der Waals surface area contributed by atoms with Crippen LogP contribution in [-0.2, 0) is 4.74 Å². The zero-order chi connectivity index (χ0) is 13.6. The van der Waals surface area contributed by atoms with Gasteiger partial charge in [0.2, 0.25) is 0 Å². The van der Waals surface area contributed by atoms with E-state index in [-0.39, 0.29) is 0 Å². The fraction of sp³-hybridized carbons (Fsp3) is 0.867. The third-order valence-corrected chi connectivity index (χ3v) is 8.81. The molecule has 0 amide bonds. The van der Waals surface area contributed by atoms with Gasteiger partial charge in [0.05, 0.1) is 15.4 Å². The maximum Gasteiger partial charge on any atom is 0.0671 e. The van der Waals surface area contributed by atoms with Gasteiger partial charge in [0.25, 0.3) is 0 Å². The minimum atomic E-state index is -0.828. The quantitative estimate of drug-likeness (QED) is 0.448. The van der Waals surface area contributed by atoms with Crippen molar-refractivity contribution < 1.29 is 4.74 Å². The standard InChI is InChI=1S/C15H32OSi/c1-9-14(6)17(13(4)5)15(7,8)11-16-10-12(2)3/h13-14,17H,2,9-11H2,1,3-8H3. The molecule has 0 aromatic rings. The van der Waals surface area contributed by atoms with Gasteiger partial charge in [0.1, 0.15) is 0 Å². The lowest BCUT2D eigenvalue weighted by molar-refractivity contribution is 0.132. The first kappa shape index (κ1) is 16.9. The molecular weight excluding hydrogens is 224 g/mol. The van der Waals surface area contributed by atoms with Gasteiger partial charge in [-0.3, -0.25) is 0 Å². The molecule has 0 N–H and O–H groups in total. The summed E-state index contributed by atoms with van der Waals surface area (Å²) in [7, 11) is -0.828. The Morgan fingerprint density at radius 3 is 2.18 bits per heavy atom. The van der Waals surface area contributed by atoms with E-state index in [2.05, 4.69) is 48.1 Å². The summed E-state index contributed by atoms with van der Waals surface area (Å²) < 4.78 is 5.82. The van der Waals surface area contributed by atoms with Gasteiger partial charge in [-0.15, -0.1) is 0 Å². The van der Waals surface area contributed by atoms with E-state index in [9.17, 15) is 0 Å². The van der Waals surface area contributed by atoms with E-state index in [4.69, 9.17) is 4.74 Å². The van der Waals surface area contributed by atoms with Crippen molar-refractivity contribution in [3.05, 3.63) is 12.2 Å². The fourth-order valence-corrected chi connectivity index (χ4v) is 8.65. The lowest BCUT2D eigenvalue weighted by Crippen LogP contribution is -2.37. The van der Waals surface area contributed by atoms with Gasteiger partial charge in [0, 0.05) is 6.61 Å². The predicted octanol–water partition coefficient (Wildman–Crippen LogP) is 4.80. The molecular formula is C15H32OSi. The molecule has 0 heterocycles. The second-order valence-corrected chi connectivity index (χ2v) is 11.7. The Morgan fingerprint density at radius 1 is 1.29 bits per heavy atom. The molecule has 0 aliphatic rings. The van der Waals surface area contributed by atoms with Gasteiger partial charge in [-0.25, -0.2) is 0 Å². The molecule has 0 aromatic carbocycles. The highest BCUT2D eigenvalue weighted by Crippen LogP contribution is 2.42. The summed E-state index contributed by atoms with van der Waals surface area (Å²) in [4.78, 5) is 0. The van der Waals surface area contributed by atoms with E-state index in [1.165, 1.54) is 6.42 Å². The van der Waals surface area contributed by atoms with E-state index in [1.54, 1.807) is 0 Å². The fourth-order valence-electron chi connectivity index (χ4n) is 3.17. The number of hydrogen-bond acceptors (Lipinski definition) is 1. The van der Waals surface area contributed by atoms with Crippen LogP contribution in [0.15, 0.2) is 12.2 Å². The molecule has 2 atom stereocenters. The molecule has 0 aliphatic carbocycles. The molecule has 0 spiro atoms. The van der Waals surface area contributed by atoms with E-state index < -0.39 is 8.80 Å². The highest BCUT2D eigenvalue weighted by atomic mass is 28.3. The van der Waals surface area contributed by atoms with Gasteiger partial charge in [0.15, 0.2) is 0 Å². The van der Waals surface area contributed by atoms with Crippen molar-refractivity contribution >= 4 is 8.80 Å². The van der Waals surface area contributed by atoms with Crippen LogP contribution in [0.1, 0.15) is 54.9 Å². The molecule has 2 heteroatoms. The largest absolute Gasteiger partial charge is 0.377 e. The monoisotopic (exact) mass is 256 g/mol.